The van der Waals surface area contributed by atoms with Crippen molar-refractivity contribution in [3.05, 3.63) is 57.5 Å². The Bertz CT molecular complexity index is 1320. The molecule has 7 atom stereocenters. The Morgan fingerprint density at radius 1 is 1.17 bits per heavy atom. The minimum atomic E-state index is -1.12. The number of methoxy groups -OCH3 is 1. The molecule has 5 nitrogen and oxygen atoms in total. The highest BCUT2D eigenvalue weighted by atomic mass is 19.1. The molecule has 1 aromatic carbocycles. The number of benzene rings is 1. The first-order valence-corrected chi connectivity index (χ1v) is 15.6. The molecule has 3 unspecified atom stereocenters. The molecular formula is C35H43FN2O3. The monoisotopic (exact) mass is 558 g/mol. The molecule has 218 valence electrons. The molecule has 0 radical (unpaired) electrons. The van der Waals surface area contributed by atoms with E-state index in [1.165, 1.54) is 36.1 Å². The van der Waals surface area contributed by atoms with Crippen LogP contribution >= 0.6 is 0 Å². The third-order valence-electron chi connectivity index (χ3n) is 11.3. The highest BCUT2D eigenvalue weighted by Gasteiger charge is 2.66. The molecule has 6 rings (SSSR count). The number of carbonyl (C=O) groups is 1. The van der Waals surface area contributed by atoms with Gasteiger partial charge in [0.2, 0.25) is 0 Å². The van der Waals surface area contributed by atoms with Crippen LogP contribution < -0.4 is 4.90 Å². The van der Waals surface area contributed by atoms with Crippen LogP contribution in [0.15, 0.2) is 52.2 Å². The predicted octanol–water partition coefficient (Wildman–Crippen LogP) is 7.32. The molecule has 1 aromatic rings. The van der Waals surface area contributed by atoms with Crippen molar-refractivity contribution in [2.45, 2.75) is 89.8 Å². The van der Waals surface area contributed by atoms with Gasteiger partial charge >= 0.3 is 0 Å². The van der Waals surface area contributed by atoms with Crippen LogP contribution in [-0.2, 0) is 9.53 Å². The Balaban J connectivity index is 1.48. The summed E-state index contributed by atoms with van der Waals surface area (Å²) in [6.07, 6.45) is 8.48. The van der Waals surface area contributed by atoms with E-state index in [0.717, 1.165) is 31.5 Å². The first-order valence-electron chi connectivity index (χ1n) is 15.6. The van der Waals surface area contributed by atoms with Crippen molar-refractivity contribution in [2.75, 3.05) is 31.7 Å². The van der Waals surface area contributed by atoms with Crippen LogP contribution in [0.3, 0.4) is 0 Å². The van der Waals surface area contributed by atoms with E-state index < -0.39 is 23.0 Å². The molecule has 0 N–H and O–H groups in total. The highest BCUT2D eigenvalue weighted by molar-refractivity contribution is 5.90. The Labute approximate surface area is 244 Å². The molecule has 41 heavy (non-hydrogen) atoms. The summed E-state index contributed by atoms with van der Waals surface area (Å²) < 4.78 is 21.4. The molecule has 1 heterocycles. The maximum atomic E-state index is 16.0. The third kappa shape index (κ3) is 4.51. The molecule has 4 aliphatic carbocycles. The van der Waals surface area contributed by atoms with Gasteiger partial charge in [-0.25, -0.2) is 4.39 Å². The maximum Gasteiger partial charge on any atom is 0.176 e. The lowest BCUT2D eigenvalue weighted by atomic mass is 9.48. The number of ether oxygens (including phenoxy) is 1. The van der Waals surface area contributed by atoms with Gasteiger partial charge in [-0.15, -0.1) is 5.92 Å². The van der Waals surface area contributed by atoms with Crippen LogP contribution in [0.2, 0.25) is 0 Å². The molecule has 1 aliphatic heterocycles. The number of anilines is 1. The second kappa shape index (κ2) is 11.1. The van der Waals surface area contributed by atoms with Crippen LogP contribution in [-0.4, -0.2) is 44.8 Å². The van der Waals surface area contributed by atoms with Crippen molar-refractivity contribution in [3.63, 3.8) is 0 Å². The van der Waals surface area contributed by atoms with Gasteiger partial charge in [-0.05, 0) is 111 Å². The summed E-state index contributed by atoms with van der Waals surface area (Å²) in [6.45, 7) is 6.31. The number of halogens is 1. The topological polar surface area (TPSA) is 59.0 Å². The van der Waals surface area contributed by atoms with Gasteiger partial charge in [-0.2, -0.15) is 4.91 Å². The van der Waals surface area contributed by atoms with Gasteiger partial charge in [0.1, 0.15) is 18.8 Å². The Hall–Kier alpha value is -2.78. The lowest BCUT2D eigenvalue weighted by Crippen LogP contribution is -2.52. The Kier molecular flexibility index (Phi) is 7.70. The van der Waals surface area contributed by atoms with Gasteiger partial charge < -0.3 is 9.64 Å². The van der Waals surface area contributed by atoms with E-state index in [4.69, 9.17) is 4.74 Å². The molecular weight excluding hydrogens is 515 g/mol. The number of fused-ring (bicyclic) bond motifs is 4. The zero-order chi connectivity index (χ0) is 28.8. The smallest absolute Gasteiger partial charge is 0.176 e. The van der Waals surface area contributed by atoms with E-state index in [0.29, 0.717) is 31.3 Å². The largest absolute Gasteiger partial charge is 0.377 e. The summed E-state index contributed by atoms with van der Waals surface area (Å²) in [4.78, 5) is 27.7. The lowest BCUT2D eigenvalue weighted by molar-refractivity contribution is -0.136. The fourth-order valence-corrected chi connectivity index (χ4v) is 9.43. The number of hydrogen-bond acceptors (Lipinski definition) is 5. The second-order valence-corrected chi connectivity index (χ2v) is 13.2. The minimum absolute atomic E-state index is 0.0410. The molecule has 1 saturated heterocycles. The first-order chi connectivity index (χ1) is 19.9. The number of Topliss-reactive ketones (excluding diaryl/α,β-unsaturated/α-hetero) is 1. The van der Waals surface area contributed by atoms with E-state index >= 15 is 4.39 Å². The minimum Gasteiger partial charge on any atom is -0.377 e. The van der Waals surface area contributed by atoms with Crippen LogP contribution in [0, 0.1) is 39.4 Å². The molecule has 2 saturated carbocycles. The van der Waals surface area contributed by atoms with Gasteiger partial charge in [0.05, 0.1) is 5.41 Å². The van der Waals surface area contributed by atoms with Crippen molar-refractivity contribution >= 4 is 11.5 Å². The average molecular weight is 559 g/mol. The van der Waals surface area contributed by atoms with Gasteiger partial charge in [0.15, 0.2) is 5.78 Å². The fraction of sp³-hybridized carbons (Fsp3) is 0.629. The Morgan fingerprint density at radius 3 is 2.61 bits per heavy atom. The normalized spacial score (nSPS) is 36.3. The van der Waals surface area contributed by atoms with E-state index in [2.05, 4.69) is 53.1 Å². The van der Waals surface area contributed by atoms with Gasteiger partial charge in [0, 0.05) is 31.8 Å². The van der Waals surface area contributed by atoms with E-state index in [1.54, 1.807) is 13.2 Å². The van der Waals surface area contributed by atoms with E-state index in [1.807, 2.05) is 6.92 Å². The van der Waals surface area contributed by atoms with Gasteiger partial charge in [0.25, 0.3) is 0 Å². The quantitative estimate of drug-likeness (QED) is 0.271. The van der Waals surface area contributed by atoms with E-state index in [9.17, 15) is 9.70 Å². The van der Waals surface area contributed by atoms with Crippen molar-refractivity contribution in [2.24, 2.45) is 27.8 Å². The number of ketones is 1. The number of nitroso groups, excluding NO2 is 1. The summed E-state index contributed by atoms with van der Waals surface area (Å²) in [7, 11) is 1.57. The van der Waals surface area contributed by atoms with Crippen LogP contribution in [0.5, 0.6) is 0 Å². The van der Waals surface area contributed by atoms with Crippen molar-refractivity contribution in [3.8, 4) is 11.8 Å². The SMILES string of the molecule is CC#C[C@]1(C(=O)COC)CC[C@H]2[C@@H]3CC(F)C4=CC(N=O)CCC4=C3C(c3ccc(N4CCCCC4)cc3)C[C@@]21C. The second-order valence-electron chi connectivity index (χ2n) is 13.2. The zero-order valence-corrected chi connectivity index (χ0v) is 24.8. The molecule has 0 amide bonds. The zero-order valence-electron chi connectivity index (χ0n) is 24.8. The van der Waals surface area contributed by atoms with Crippen molar-refractivity contribution in [1.29, 1.82) is 0 Å². The molecule has 5 aliphatic rings. The van der Waals surface area contributed by atoms with Crippen LogP contribution in [0.25, 0.3) is 0 Å². The van der Waals surface area contributed by atoms with Gasteiger partial charge in [-0.3, -0.25) is 4.79 Å². The number of alkyl halides is 1. The number of piperidine rings is 1. The summed E-state index contributed by atoms with van der Waals surface area (Å²) in [5.41, 5.74) is 4.44. The van der Waals surface area contributed by atoms with Crippen molar-refractivity contribution in [1.82, 2.24) is 0 Å². The van der Waals surface area contributed by atoms with Crippen LogP contribution in [0.1, 0.15) is 83.1 Å². The third-order valence-corrected chi connectivity index (χ3v) is 11.3. The van der Waals surface area contributed by atoms with E-state index in [-0.39, 0.29) is 30.1 Å². The number of carbonyl (C=O) groups excluding carboxylic acids is 1. The molecule has 6 heteroatoms. The number of hydrogen-bond donors (Lipinski definition) is 0. The van der Waals surface area contributed by atoms with Gasteiger partial charge in [-0.1, -0.05) is 41.8 Å². The molecule has 3 fully saturated rings. The summed E-state index contributed by atoms with van der Waals surface area (Å²) >= 11 is 0. The fourth-order valence-electron chi connectivity index (χ4n) is 9.43. The Morgan fingerprint density at radius 2 is 1.93 bits per heavy atom. The number of nitrogens with zero attached hydrogens (tertiary/aromatic N) is 2. The summed E-state index contributed by atoms with van der Waals surface area (Å²) in [6, 6.07) is 8.59. The predicted molar refractivity (Wildman–Crippen MR) is 160 cm³/mol. The molecule has 0 spiro atoms. The molecule has 0 bridgehead atoms. The lowest BCUT2D eigenvalue weighted by Gasteiger charge is -2.55. The average Bonchev–Trinajstić information content (AvgIpc) is 3.30. The maximum absolute atomic E-state index is 16.0. The highest BCUT2D eigenvalue weighted by Crippen LogP contribution is 2.70. The number of allylic oxidation sites excluding steroid dienone is 3. The number of rotatable bonds is 6. The molecule has 0 aromatic heterocycles. The van der Waals surface area contributed by atoms with Crippen molar-refractivity contribution < 1.29 is 13.9 Å². The summed E-state index contributed by atoms with van der Waals surface area (Å²) in [5, 5.41) is 3.26. The first kappa shape index (κ1) is 28.3. The standard InChI is InChI=1S/C35H43FN2O3/c1-4-15-35(32(39)22-41-3)16-14-30-28-20-31(36)27-19-24(37-40)10-13-26(27)33(28)29(21-34(30,35)2)23-8-11-25(12-9-23)38-17-6-5-7-18-38/h8-9,11-12,19,24,28-31H,5-7,10,13-14,16-18,20-22H2,1-3H3/t24?,28-,29?,30-,31?,34-,35+/m0/s1. The summed E-state index contributed by atoms with van der Waals surface area (Å²) in [5.74, 6) is 6.87. The van der Waals surface area contributed by atoms with Crippen LogP contribution in [0.4, 0.5) is 10.1 Å².